The van der Waals surface area contributed by atoms with Crippen molar-refractivity contribution in [2.45, 2.75) is 37.6 Å². The Balaban J connectivity index is 2.26. The molecule has 0 bridgehead atoms. The van der Waals surface area contributed by atoms with Crippen molar-refractivity contribution < 1.29 is 8.42 Å². The van der Waals surface area contributed by atoms with E-state index in [1.807, 2.05) is 0 Å². The van der Waals surface area contributed by atoms with Gasteiger partial charge in [-0.3, -0.25) is 0 Å². The van der Waals surface area contributed by atoms with Crippen LogP contribution in [0.15, 0.2) is 23.1 Å². The summed E-state index contributed by atoms with van der Waals surface area (Å²) in [4.78, 5) is 0.0618. The zero-order valence-electron chi connectivity index (χ0n) is 11.1. The van der Waals surface area contributed by atoms with Crippen molar-refractivity contribution >= 4 is 27.3 Å². The number of anilines is 1. The third-order valence-electron chi connectivity index (χ3n) is 4.04. The molecule has 6 heteroatoms. The normalized spacial score (nSPS) is 27.6. The van der Waals surface area contributed by atoms with Crippen LogP contribution in [0.4, 0.5) is 5.69 Å². The van der Waals surface area contributed by atoms with Gasteiger partial charge in [-0.2, -0.15) is 0 Å². The largest absolute Gasteiger partial charge is 0.398 e. The number of rotatable bonds is 3. The lowest BCUT2D eigenvalue weighted by Crippen LogP contribution is -2.37. The standard InChI is InChI=1S/C13H19ClN2O2S/c1-8-3-6-12(9(8)2)16-19(17,18)13-7-10(14)4-5-11(13)15/h4-5,7-9,12,16H,3,6,15H2,1-2H3. The third-order valence-corrected chi connectivity index (χ3v) is 5.82. The first-order valence-corrected chi connectivity index (χ1v) is 8.24. The highest BCUT2D eigenvalue weighted by molar-refractivity contribution is 7.89. The summed E-state index contributed by atoms with van der Waals surface area (Å²) in [6.45, 7) is 4.22. The van der Waals surface area contributed by atoms with Crippen molar-refractivity contribution in [2.75, 3.05) is 5.73 Å². The molecule has 4 nitrogen and oxygen atoms in total. The smallest absolute Gasteiger partial charge is 0.242 e. The molecule has 1 fully saturated rings. The van der Waals surface area contributed by atoms with Crippen molar-refractivity contribution in [1.29, 1.82) is 0 Å². The maximum atomic E-state index is 12.4. The SMILES string of the molecule is CC1CCC(NS(=O)(=O)c2cc(Cl)ccc2N)C1C. The second-order valence-electron chi connectivity index (χ2n) is 5.32. The van der Waals surface area contributed by atoms with E-state index in [9.17, 15) is 8.42 Å². The van der Waals surface area contributed by atoms with E-state index in [0.29, 0.717) is 16.9 Å². The molecule has 3 N–H and O–H groups in total. The Bertz CT molecular complexity index is 574. The Kier molecular flexibility index (Phi) is 4.08. The molecule has 0 heterocycles. The summed E-state index contributed by atoms with van der Waals surface area (Å²) in [5.41, 5.74) is 5.95. The molecule has 1 aliphatic carbocycles. The van der Waals surface area contributed by atoms with E-state index < -0.39 is 10.0 Å². The zero-order chi connectivity index (χ0) is 14.2. The van der Waals surface area contributed by atoms with Gasteiger partial charge >= 0.3 is 0 Å². The number of nitrogens with two attached hydrogens (primary N) is 1. The lowest BCUT2D eigenvalue weighted by molar-refractivity contribution is 0.402. The summed E-state index contributed by atoms with van der Waals surface area (Å²) < 4.78 is 27.5. The molecule has 3 unspecified atom stereocenters. The van der Waals surface area contributed by atoms with E-state index in [0.717, 1.165) is 12.8 Å². The molecule has 0 aliphatic heterocycles. The van der Waals surface area contributed by atoms with E-state index in [-0.39, 0.29) is 16.6 Å². The minimum Gasteiger partial charge on any atom is -0.398 e. The second kappa shape index (κ2) is 5.31. The van der Waals surface area contributed by atoms with Gasteiger partial charge in [0.2, 0.25) is 10.0 Å². The average molecular weight is 303 g/mol. The Morgan fingerprint density at radius 2 is 2.00 bits per heavy atom. The van der Waals surface area contributed by atoms with Crippen molar-refractivity contribution in [3.63, 3.8) is 0 Å². The van der Waals surface area contributed by atoms with Gasteiger partial charge in [0.05, 0.1) is 5.69 Å². The van der Waals surface area contributed by atoms with Gasteiger partial charge in [-0.25, -0.2) is 13.1 Å². The minimum absolute atomic E-state index is 0.0293. The van der Waals surface area contributed by atoms with E-state index in [1.54, 1.807) is 6.07 Å². The first-order valence-electron chi connectivity index (χ1n) is 6.38. The quantitative estimate of drug-likeness (QED) is 0.843. The van der Waals surface area contributed by atoms with Crippen molar-refractivity contribution in [2.24, 2.45) is 11.8 Å². The molecule has 1 aromatic rings. The lowest BCUT2D eigenvalue weighted by atomic mass is 9.98. The van der Waals surface area contributed by atoms with Crippen LogP contribution in [0.25, 0.3) is 0 Å². The molecule has 1 aliphatic rings. The van der Waals surface area contributed by atoms with Crippen molar-refractivity contribution in [1.82, 2.24) is 4.72 Å². The van der Waals surface area contributed by atoms with Gasteiger partial charge in [-0.15, -0.1) is 0 Å². The summed E-state index contributed by atoms with van der Waals surface area (Å²) in [6.07, 6.45) is 1.90. The number of hydrogen-bond acceptors (Lipinski definition) is 3. The average Bonchev–Trinajstić information content (AvgIpc) is 2.63. The number of nitrogen functional groups attached to an aromatic ring is 1. The molecule has 0 saturated heterocycles. The summed E-state index contributed by atoms with van der Waals surface area (Å²) in [6, 6.07) is 4.45. The van der Waals surface area contributed by atoms with Crippen LogP contribution in [0.3, 0.4) is 0 Å². The molecule has 1 aromatic carbocycles. The molecule has 0 radical (unpaired) electrons. The van der Waals surface area contributed by atoms with Gasteiger partial charge in [-0.05, 0) is 42.9 Å². The molecule has 2 rings (SSSR count). The van der Waals surface area contributed by atoms with Crippen LogP contribution in [0.2, 0.25) is 5.02 Å². The zero-order valence-corrected chi connectivity index (χ0v) is 12.6. The van der Waals surface area contributed by atoms with Gasteiger partial charge in [-0.1, -0.05) is 25.4 Å². The highest BCUT2D eigenvalue weighted by Gasteiger charge is 2.33. The van der Waals surface area contributed by atoms with Gasteiger partial charge in [0.15, 0.2) is 0 Å². The number of hydrogen-bond donors (Lipinski definition) is 2. The van der Waals surface area contributed by atoms with E-state index in [4.69, 9.17) is 17.3 Å². The monoisotopic (exact) mass is 302 g/mol. The molecule has 3 atom stereocenters. The Morgan fingerprint density at radius 1 is 1.32 bits per heavy atom. The van der Waals surface area contributed by atoms with E-state index >= 15 is 0 Å². The second-order valence-corrected chi connectivity index (χ2v) is 7.44. The predicted octanol–water partition coefficient (Wildman–Crippen LogP) is 2.64. The van der Waals surface area contributed by atoms with E-state index in [1.165, 1.54) is 12.1 Å². The maximum absolute atomic E-state index is 12.4. The fourth-order valence-corrected chi connectivity index (χ4v) is 4.29. The first-order chi connectivity index (χ1) is 8.81. The molecule has 0 amide bonds. The number of sulfonamides is 1. The highest BCUT2D eigenvalue weighted by atomic mass is 35.5. The topological polar surface area (TPSA) is 72.2 Å². The predicted molar refractivity (Wildman–Crippen MR) is 77.5 cm³/mol. The van der Waals surface area contributed by atoms with Crippen LogP contribution >= 0.6 is 11.6 Å². The fourth-order valence-electron chi connectivity index (χ4n) is 2.53. The Hall–Kier alpha value is -0.780. The number of benzene rings is 1. The highest BCUT2D eigenvalue weighted by Crippen LogP contribution is 2.32. The summed E-state index contributed by atoms with van der Waals surface area (Å²) in [5, 5.41) is 0.363. The van der Waals surface area contributed by atoms with Gasteiger partial charge in [0.25, 0.3) is 0 Å². The molecular formula is C13H19ClN2O2S. The van der Waals surface area contributed by atoms with Crippen LogP contribution in [-0.4, -0.2) is 14.5 Å². The number of nitrogens with one attached hydrogen (secondary N) is 1. The molecule has 0 aromatic heterocycles. The van der Waals surface area contributed by atoms with Crippen LogP contribution in [0.1, 0.15) is 26.7 Å². The molecule has 19 heavy (non-hydrogen) atoms. The van der Waals surface area contributed by atoms with Gasteiger partial charge < -0.3 is 5.73 Å². The van der Waals surface area contributed by atoms with Crippen LogP contribution < -0.4 is 10.5 Å². The molecule has 106 valence electrons. The Morgan fingerprint density at radius 3 is 2.58 bits per heavy atom. The first kappa shape index (κ1) is 14.6. The third kappa shape index (κ3) is 3.04. The summed E-state index contributed by atoms with van der Waals surface area (Å²) in [7, 11) is -3.61. The number of halogens is 1. The van der Waals surface area contributed by atoms with Crippen LogP contribution in [-0.2, 0) is 10.0 Å². The summed E-state index contributed by atoms with van der Waals surface area (Å²) in [5.74, 6) is 0.861. The fraction of sp³-hybridized carbons (Fsp3) is 0.538. The molecule has 0 spiro atoms. The van der Waals surface area contributed by atoms with Crippen LogP contribution in [0, 0.1) is 11.8 Å². The van der Waals surface area contributed by atoms with Crippen LogP contribution in [0.5, 0.6) is 0 Å². The molecular weight excluding hydrogens is 284 g/mol. The summed E-state index contributed by atoms with van der Waals surface area (Å²) >= 11 is 5.84. The maximum Gasteiger partial charge on any atom is 0.242 e. The Labute approximate surface area is 119 Å². The van der Waals surface area contributed by atoms with Crippen molar-refractivity contribution in [3.8, 4) is 0 Å². The van der Waals surface area contributed by atoms with Crippen molar-refractivity contribution in [3.05, 3.63) is 23.2 Å². The minimum atomic E-state index is -3.61. The lowest BCUT2D eigenvalue weighted by Gasteiger charge is -2.20. The molecule has 1 saturated carbocycles. The van der Waals surface area contributed by atoms with Gasteiger partial charge in [0.1, 0.15) is 4.90 Å². The van der Waals surface area contributed by atoms with E-state index in [2.05, 4.69) is 18.6 Å². The van der Waals surface area contributed by atoms with Gasteiger partial charge in [0, 0.05) is 11.1 Å².